The van der Waals surface area contributed by atoms with Crippen LogP contribution in [0.3, 0.4) is 0 Å². The second-order valence-electron chi connectivity index (χ2n) is 7.27. The summed E-state index contributed by atoms with van der Waals surface area (Å²) in [6.45, 7) is 1.91. The maximum atomic E-state index is 13.3. The number of oxazole rings is 1. The Hall–Kier alpha value is -2.90. The van der Waals surface area contributed by atoms with Crippen LogP contribution in [0.2, 0.25) is 0 Å². The van der Waals surface area contributed by atoms with Gasteiger partial charge in [-0.3, -0.25) is 0 Å². The van der Waals surface area contributed by atoms with Crippen LogP contribution in [0.1, 0.15) is 24.7 Å². The van der Waals surface area contributed by atoms with Gasteiger partial charge in [-0.1, -0.05) is 36.4 Å². The van der Waals surface area contributed by atoms with E-state index in [1.807, 2.05) is 24.3 Å². The lowest BCUT2D eigenvalue weighted by atomic mass is 9.98. The molecule has 0 radical (unpaired) electrons. The lowest BCUT2D eigenvalue weighted by Gasteiger charge is -2.19. The van der Waals surface area contributed by atoms with Gasteiger partial charge < -0.3 is 9.73 Å². The smallest absolute Gasteiger partial charge is 0.268 e. The van der Waals surface area contributed by atoms with Crippen LogP contribution >= 0.6 is 0 Å². The van der Waals surface area contributed by atoms with Crippen LogP contribution in [-0.2, 0) is 10.0 Å². The molecule has 1 fully saturated rings. The minimum absolute atomic E-state index is 0.253. The van der Waals surface area contributed by atoms with Gasteiger partial charge in [-0.25, -0.2) is 17.4 Å². The highest BCUT2D eigenvalue weighted by Gasteiger charge is 2.24. The van der Waals surface area contributed by atoms with Crippen molar-refractivity contribution in [2.24, 2.45) is 0 Å². The van der Waals surface area contributed by atoms with Gasteiger partial charge in [0, 0.05) is 23.1 Å². The first-order chi connectivity index (χ1) is 14.1. The maximum Gasteiger partial charge on any atom is 0.268 e. The third kappa shape index (κ3) is 3.16. The summed E-state index contributed by atoms with van der Waals surface area (Å²) in [4.78, 5) is 4.97. The molecule has 148 valence electrons. The predicted octanol–water partition coefficient (Wildman–Crippen LogP) is 4.00. The zero-order valence-corrected chi connectivity index (χ0v) is 16.6. The predicted molar refractivity (Wildman–Crippen MR) is 111 cm³/mol. The molecule has 5 rings (SSSR count). The molecule has 0 amide bonds. The van der Waals surface area contributed by atoms with E-state index in [1.165, 1.54) is 3.97 Å². The molecule has 6 nitrogen and oxygen atoms in total. The summed E-state index contributed by atoms with van der Waals surface area (Å²) in [5.41, 5.74) is 2.04. The third-order valence-corrected chi connectivity index (χ3v) is 7.15. The lowest BCUT2D eigenvalue weighted by molar-refractivity contribution is 0.374. The normalized spacial score (nSPS) is 15.7. The summed E-state index contributed by atoms with van der Waals surface area (Å²) in [5, 5.41) is 4.17. The average molecular weight is 407 g/mol. The minimum Gasteiger partial charge on any atom is -0.448 e. The molecule has 29 heavy (non-hydrogen) atoms. The first-order valence-corrected chi connectivity index (χ1v) is 11.2. The summed E-state index contributed by atoms with van der Waals surface area (Å²) in [5.74, 6) is 1.02. The summed E-state index contributed by atoms with van der Waals surface area (Å²) in [6, 6.07) is 15.9. The van der Waals surface area contributed by atoms with Gasteiger partial charge in [-0.05, 0) is 44.1 Å². The van der Waals surface area contributed by atoms with Crippen molar-refractivity contribution >= 4 is 20.9 Å². The molecule has 0 bridgehead atoms. The number of rotatable bonds is 4. The SMILES string of the molecule is O=S(=O)(c1ccccc1)n1cc(-c2coc(C3CCNCC3)n2)c2ccccc21. The molecule has 1 aliphatic heterocycles. The van der Waals surface area contributed by atoms with Crippen molar-refractivity contribution in [1.82, 2.24) is 14.3 Å². The van der Waals surface area contributed by atoms with Crippen molar-refractivity contribution in [3.05, 3.63) is 72.9 Å². The molecule has 7 heteroatoms. The molecule has 1 saturated heterocycles. The number of piperidine rings is 1. The first kappa shape index (κ1) is 18.1. The van der Waals surface area contributed by atoms with E-state index < -0.39 is 10.0 Å². The van der Waals surface area contributed by atoms with E-state index >= 15 is 0 Å². The minimum atomic E-state index is -3.72. The molecule has 1 N–H and O–H groups in total. The second-order valence-corrected chi connectivity index (χ2v) is 9.08. The van der Waals surface area contributed by atoms with Crippen LogP contribution in [0, 0.1) is 0 Å². The number of benzene rings is 2. The van der Waals surface area contributed by atoms with Gasteiger partial charge >= 0.3 is 0 Å². The zero-order valence-electron chi connectivity index (χ0n) is 15.8. The van der Waals surface area contributed by atoms with E-state index in [9.17, 15) is 8.42 Å². The lowest BCUT2D eigenvalue weighted by Crippen LogP contribution is -2.26. The van der Waals surface area contributed by atoms with Gasteiger partial charge in [0.25, 0.3) is 10.0 Å². The van der Waals surface area contributed by atoms with E-state index in [2.05, 4.69) is 5.32 Å². The number of nitrogens with one attached hydrogen (secondary N) is 1. The van der Waals surface area contributed by atoms with Crippen molar-refractivity contribution in [3.63, 3.8) is 0 Å². The maximum absolute atomic E-state index is 13.3. The molecule has 1 aliphatic rings. The van der Waals surface area contributed by atoms with Gasteiger partial charge in [0.2, 0.25) is 0 Å². The van der Waals surface area contributed by atoms with Gasteiger partial charge in [0.15, 0.2) is 5.89 Å². The summed E-state index contributed by atoms with van der Waals surface area (Å²) in [7, 11) is -3.72. The highest BCUT2D eigenvalue weighted by Crippen LogP contribution is 2.34. The standard InChI is InChI=1S/C22H21N3O3S/c26-29(27,17-6-2-1-3-7-17)25-14-19(18-8-4-5-9-21(18)25)20-15-28-22(24-20)16-10-12-23-13-11-16/h1-9,14-16,23H,10-13H2. The van der Waals surface area contributed by atoms with Gasteiger partial charge in [0.1, 0.15) is 12.0 Å². The topological polar surface area (TPSA) is 77.1 Å². The van der Waals surface area contributed by atoms with Crippen LogP contribution in [0.15, 0.2) is 76.4 Å². The number of fused-ring (bicyclic) bond motifs is 1. The molecule has 0 aliphatic carbocycles. The van der Waals surface area contributed by atoms with Crippen molar-refractivity contribution in [2.75, 3.05) is 13.1 Å². The second kappa shape index (κ2) is 7.17. The van der Waals surface area contributed by atoms with Crippen molar-refractivity contribution in [3.8, 4) is 11.3 Å². The molecule has 0 saturated carbocycles. The first-order valence-electron chi connectivity index (χ1n) is 9.72. The van der Waals surface area contributed by atoms with Gasteiger partial charge in [0.05, 0.1) is 10.4 Å². The van der Waals surface area contributed by atoms with Crippen LogP contribution < -0.4 is 5.32 Å². The fourth-order valence-electron chi connectivity index (χ4n) is 3.93. The van der Waals surface area contributed by atoms with Crippen LogP contribution in [0.4, 0.5) is 0 Å². The zero-order chi connectivity index (χ0) is 19.8. The highest BCUT2D eigenvalue weighted by atomic mass is 32.2. The van der Waals surface area contributed by atoms with Crippen LogP contribution in [-0.4, -0.2) is 30.5 Å². The summed E-state index contributed by atoms with van der Waals surface area (Å²) < 4.78 is 33.6. The Labute approximate surface area is 169 Å². The average Bonchev–Trinajstić information content (AvgIpc) is 3.40. The van der Waals surface area contributed by atoms with Crippen LogP contribution in [0.5, 0.6) is 0 Å². The number of hydrogen-bond acceptors (Lipinski definition) is 5. The monoisotopic (exact) mass is 407 g/mol. The summed E-state index contributed by atoms with van der Waals surface area (Å²) in [6.07, 6.45) is 5.27. The highest BCUT2D eigenvalue weighted by molar-refractivity contribution is 7.90. The van der Waals surface area contributed by atoms with E-state index in [4.69, 9.17) is 9.40 Å². The fraction of sp³-hybridized carbons (Fsp3) is 0.227. The van der Waals surface area contributed by atoms with Crippen LogP contribution in [0.25, 0.3) is 22.2 Å². The molecule has 2 aromatic heterocycles. The van der Waals surface area contributed by atoms with Crippen molar-refractivity contribution in [2.45, 2.75) is 23.7 Å². The Morgan fingerprint density at radius 1 is 1.00 bits per heavy atom. The van der Waals surface area contributed by atoms with E-state index in [1.54, 1.807) is 42.8 Å². The summed E-state index contributed by atoms with van der Waals surface area (Å²) >= 11 is 0. The number of nitrogens with zero attached hydrogens (tertiary/aromatic N) is 2. The Bertz CT molecular complexity index is 1250. The molecule has 0 unspecified atom stereocenters. The molecule has 3 heterocycles. The number of hydrogen-bond donors (Lipinski definition) is 1. The quantitative estimate of drug-likeness (QED) is 0.553. The Balaban J connectivity index is 1.63. The number of aromatic nitrogens is 2. The van der Waals surface area contributed by atoms with Crippen molar-refractivity contribution in [1.29, 1.82) is 0 Å². The van der Waals surface area contributed by atoms with E-state index in [0.29, 0.717) is 17.1 Å². The molecular formula is C22H21N3O3S. The van der Waals surface area contributed by atoms with E-state index in [0.717, 1.165) is 42.8 Å². The van der Waals surface area contributed by atoms with Gasteiger partial charge in [-0.2, -0.15) is 0 Å². The molecular weight excluding hydrogens is 386 g/mol. The molecule has 4 aromatic rings. The fourth-order valence-corrected chi connectivity index (χ4v) is 5.32. The molecule has 0 atom stereocenters. The largest absolute Gasteiger partial charge is 0.448 e. The van der Waals surface area contributed by atoms with Crippen molar-refractivity contribution < 1.29 is 12.8 Å². The Morgan fingerprint density at radius 2 is 1.72 bits per heavy atom. The third-order valence-electron chi connectivity index (χ3n) is 5.46. The molecule has 2 aromatic carbocycles. The Morgan fingerprint density at radius 3 is 2.52 bits per heavy atom. The molecule has 0 spiro atoms. The van der Waals surface area contributed by atoms with Gasteiger partial charge in [-0.15, -0.1) is 0 Å². The Kier molecular flexibility index (Phi) is 4.49. The number of para-hydroxylation sites is 1. The van der Waals surface area contributed by atoms with E-state index in [-0.39, 0.29) is 4.90 Å².